The molecule has 0 aliphatic carbocycles. The zero-order chi connectivity index (χ0) is 9.80. The van der Waals surface area contributed by atoms with Crippen LogP contribution in [-0.4, -0.2) is 49.6 Å². The first-order valence-corrected chi connectivity index (χ1v) is 5.58. The molecule has 1 amide bonds. The molecule has 0 radical (unpaired) electrons. The van der Waals surface area contributed by atoms with Crippen LogP contribution in [-0.2, 0) is 4.79 Å². The van der Waals surface area contributed by atoms with Gasteiger partial charge in [-0.25, -0.2) is 0 Å². The highest BCUT2D eigenvalue weighted by Crippen LogP contribution is 2.09. The van der Waals surface area contributed by atoms with Gasteiger partial charge in [0.25, 0.3) is 0 Å². The second kappa shape index (κ2) is 4.75. The number of carbonyl (C=O) groups excluding carboxylic acids is 1. The van der Waals surface area contributed by atoms with Crippen LogP contribution in [0.15, 0.2) is 0 Å². The number of amides is 1. The van der Waals surface area contributed by atoms with E-state index in [9.17, 15) is 4.79 Å². The van der Waals surface area contributed by atoms with Crippen molar-refractivity contribution < 1.29 is 4.79 Å². The Bertz CT molecular complexity index is 202. The first kappa shape index (κ1) is 9.93. The second-order valence-electron chi connectivity index (χ2n) is 4.16. The number of hydrogen-bond acceptors (Lipinski definition) is 3. The van der Waals surface area contributed by atoms with Gasteiger partial charge in [0, 0.05) is 25.7 Å². The van der Waals surface area contributed by atoms with E-state index in [1.54, 1.807) is 0 Å². The van der Waals surface area contributed by atoms with Crippen LogP contribution in [0.1, 0.15) is 19.3 Å². The summed E-state index contributed by atoms with van der Waals surface area (Å²) in [5, 5.41) is 6.56. The first-order valence-electron chi connectivity index (χ1n) is 5.58. The highest BCUT2D eigenvalue weighted by atomic mass is 16.2. The smallest absolute Gasteiger partial charge is 0.236 e. The van der Waals surface area contributed by atoms with Gasteiger partial charge in [-0.1, -0.05) is 6.42 Å². The minimum atomic E-state index is 0.253. The summed E-state index contributed by atoms with van der Waals surface area (Å²) in [5.41, 5.74) is 0. The molecule has 0 spiro atoms. The van der Waals surface area contributed by atoms with E-state index >= 15 is 0 Å². The maximum atomic E-state index is 11.5. The minimum absolute atomic E-state index is 0.253. The number of piperidine rings is 1. The molecule has 1 atom stereocenters. The summed E-state index contributed by atoms with van der Waals surface area (Å²) in [6.07, 6.45) is 3.81. The molecule has 0 aromatic heterocycles. The number of hydrogen-bond donors (Lipinski definition) is 2. The summed E-state index contributed by atoms with van der Waals surface area (Å²) in [7, 11) is 0. The molecule has 4 heteroatoms. The molecule has 0 bridgehead atoms. The molecule has 2 heterocycles. The molecule has 80 valence electrons. The van der Waals surface area contributed by atoms with E-state index in [2.05, 4.69) is 10.6 Å². The van der Waals surface area contributed by atoms with Crippen LogP contribution in [0.5, 0.6) is 0 Å². The van der Waals surface area contributed by atoms with Crippen molar-refractivity contribution in [2.45, 2.75) is 25.3 Å². The number of carbonyl (C=O) groups is 1. The molecule has 0 saturated carbocycles. The number of rotatable bonds is 2. The Morgan fingerprint density at radius 3 is 3.00 bits per heavy atom. The van der Waals surface area contributed by atoms with E-state index in [1.165, 1.54) is 19.3 Å². The van der Waals surface area contributed by atoms with Crippen LogP contribution in [0.4, 0.5) is 0 Å². The molecule has 2 saturated heterocycles. The summed E-state index contributed by atoms with van der Waals surface area (Å²) in [6, 6.07) is 0.533. The Morgan fingerprint density at radius 1 is 1.36 bits per heavy atom. The minimum Gasteiger partial charge on any atom is -0.339 e. The van der Waals surface area contributed by atoms with Gasteiger partial charge in [-0.3, -0.25) is 4.79 Å². The van der Waals surface area contributed by atoms with Gasteiger partial charge in [-0.2, -0.15) is 0 Å². The fourth-order valence-corrected chi connectivity index (χ4v) is 2.18. The van der Waals surface area contributed by atoms with Gasteiger partial charge in [0.15, 0.2) is 0 Å². The Hall–Kier alpha value is -0.610. The molecule has 14 heavy (non-hydrogen) atoms. The van der Waals surface area contributed by atoms with Crippen molar-refractivity contribution in [1.29, 1.82) is 0 Å². The maximum Gasteiger partial charge on any atom is 0.236 e. The van der Waals surface area contributed by atoms with Crippen molar-refractivity contribution in [1.82, 2.24) is 15.5 Å². The van der Waals surface area contributed by atoms with Crippen LogP contribution in [0.2, 0.25) is 0 Å². The van der Waals surface area contributed by atoms with Crippen molar-refractivity contribution in [2.24, 2.45) is 0 Å². The lowest BCUT2D eigenvalue weighted by Crippen LogP contribution is -2.53. The van der Waals surface area contributed by atoms with E-state index in [-0.39, 0.29) is 5.91 Å². The number of nitrogens with zero attached hydrogens (tertiary/aromatic N) is 1. The largest absolute Gasteiger partial charge is 0.339 e. The monoisotopic (exact) mass is 197 g/mol. The average Bonchev–Trinajstić information content (AvgIpc) is 2.23. The van der Waals surface area contributed by atoms with E-state index in [4.69, 9.17) is 0 Å². The molecule has 2 aliphatic rings. The number of nitrogens with one attached hydrogen (secondary N) is 2. The van der Waals surface area contributed by atoms with Crippen molar-refractivity contribution in [3.8, 4) is 0 Å². The molecule has 4 nitrogen and oxygen atoms in total. The van der Waals surface area contributed by atoms with E-state index in [0.717, 1.165) is 26.2 Å². The highest BCUT2D eigenvalue weighted by Gasteiger charge is 2.22. The Labute approximate surface area is 85.0 Å². The number of piperazine rings is 1. The highest BCUT2D eigenvalue weighted by molar-refractivity contribution is 5.79. The Balaban J connectivity index is 1.79. The maximum absolute atomic E-state index is 11.5. The van der Waals surface area contributed by atoms with Crippen LogP contribution in [0, 0.1) is 0 Å². The molecule has 2 rings (SSSR count). The molecular weight excluding hydrogens is 178 g/mol. The molecule has 1 unspecified atom stereocenters. The summed E-state index contributed by atoms with van der Waals surface area (Å²) < 4.78 is 0. The predicted molar refractivity (Wildman–Crippen MR) is 55.1 cm³/mol. The van der Waals surface area contributed by atoms with Crippen LogP contribution in [0.3, 0.4) is 0 Å². The van der Waals surface area contributed by atoms with Crippen LogP contribution in [0.25, 0.3) is 0 Å². The second-order valence-corrected chi connectivity index (χ2v) is 4.16. The lowest BCUT2D eigenvalue weighted by atomic mass is 10.0. The molecule has 2 aliphatic heterocycles. The van der Waals surface area contributed by atoms with E-state index in [1.807, 2.05) is 4.90 Å². The third kappa shape index (κ3) is 2.45. The fourth-order valence-electron chi connectivity index (χ4n) is 2.18. The van der Waals surface area contributed by atoms with Crippen molar-refractivity contribution >= 4 is 5.91 Å². The third-order valence-electron chi connectivity index (χ3n) is 3.04. The van der Waals surface area contributed by atoms with Gasteiger partial charge >= 0.3 is 0 Å². The lowest BCUT2D eigenvalue weighted by Gasteiger charge is -2.33. The lowest BCUT2D eigenvalue weighted by molar-refractivity contribution is -0.132. The van der Waals surface area contributed by atoms with Crippen molar-refractivity contribution in [3.05, 3.63) is 0 Å². The first-order chi connectivity index (χ1) is 6.86. The summed E-state index contributed by atoms with van der Waals surface area (Å²) in [6.45, 7) is 4.35. The summed E-state index contributed by atoms with van der Waals surface area (Å²) >= 11 is 0. The normalized spacial score (nSPS) is 29.3. The standard InChI is InChI=1S/C10H19N3O/c14-10-7-11-5-6-13(10)8-9-3-1-2-4-12-9/h9,11-12H,1-8H2. The SMILES string of the molecule is O=C1CNCCN1CC1CCCCN1. The van der Waals surface area contributed by atoms with Gasteiger partial charge in [-0.05, 0) is 19.4 Å². The molecule has 2 fully saturated rings. The van der Waals surface area contributed by atoms with Gasteiger partial charge in [0.1, 0.15) is 0 Å². The summed E-state index contributed by atoms with van der Waals surface area (Å²) in [5.74, 6) is 0.253. The topological polar surface area (TPSA) is 44.4 Å². The summed E-state index contributed by atoms with van der Waals surface area (Å²) in [4.78, 5) is 13.5. The quantitative estimate of drug-likeness (QED) is 0.631. The van der Waals surface area contributed by atoms with Gasteiger partial charge in [0.2, 0.25) is 5.91 Å². The fraction of sp³-hybridized carbons (Fsp3) is 0.900. The van der Waals surface area contributed by atoms with Gasteiger partial charge in [0.05, 0.1) is 6.54 Å². The molecule has 2 N–H and O–H groups in total. The van der Waals surface area contributed by atoms with E-state index < -0.39 is 0 Å². The van der Waals surface area contributed by atoms with Crippen LogP contribution < -0.4 is 10.6 Å². The van der Waals surface area contributed by atoms with Crippen molar-refractivity contribution in [3.63, 3.8) is 0 Å². The van der Waals surface area contributed by atoms with Gasteiger partial charge in [-0.15, -0.1) is 0 Å². The molecular formula is C10H19N3O. The Morgan fingerprint density at radius 2 is 2.29 bits per heavy atom. The average molecular weight is 197 g/mol. The van der Waals surface area contributed by atoms with Gasteiger partial charge < -0.3 is 15.5 Å². The van der Waals surface area contributed by atoms with E-state index in [0.29, 0.717) is 12.6 Å². The van der Waals surface area contributed by atoms with Crippen LogP contribution >= 0.6 is 0 Å². The third-order valence-corrected chi connectivity index (χ3v) is 3.04. The van der Waals surface area contributed by atoms with Crippen molar-refractivity contribution in [2.75, 3.05) is 32.7 Å². The zero-order valence-corrected chi connectivity index (χ0v) is 8.59. The zero-order valence-electron chi connectivity index (χ0n) is 8.59. The molecule has 0 aromatic carbocycles. The predicted octanol–water partition coefficient (Wildman–Crippen LogP) is -0.440. The molecule has 0 aromatic rings. The Kier molecular flexibility index (Phi) is 3.37.